The van der Waals surface area contributed by atoms with E-state index >= 15 is 0 Å². The molecule has 1 amide bonds. The van der Waals surface area contributed by atoms with Gasteiger partial charge in [0.05, 0.1) is 24.3 Å². The first kappa shape index (κ1) is 17.9. The predicted molar refractivity (Wildman–Crippen MR) is 94.9 cm³/mol. The molecule has 130 valence electrons. The minimum absolute atomic E-state index is 0.00396. The molecule has 0 aromatic heterocycles. The maximum atomic E-state index is 11.8. The van der Waals surface area contributed by atoms with Crippen molar-refractivity contribution < 1.29 is 14.5 Å². The van der Waals surface area contributed by atoms with Crippen LogP contribution < -0.4 is 15.5 Å². The molecule has 0 saturated heterocycles. The van der Waals surface area contributed by atoms with E-state index in [2.05, 4.69) is 15.8 Å². The van der Waals surface area contributed by atoms with Crippen molar-refractivity contribution in [1.29, 1.82) is 0 Å². The zero-order valence-electron chi connectivity index (χ0n) is 13.9. The van der Waals surface area contributed by atoms with E-state index in [4.69, 9.17) is 4.74 Å². The summed E-state index contributed by atoms with van der Waals surface area (Å²) in [5, 5.41) is 17.6. The monoisotopic (exact) mass is 342 g/mol. The number of nitrogens with zero attached hydrogens (tertiary/aromatic N) is 2. The van der Waals surface area contributed by atoms with Gasteiger partial charge in [0.2, 0.25) is 0 Å². The molecule has 2 aromatic carbocycles. The standard InChI is InChI=1S/C17H18N4O4/c1-12(13-3-7-15(8-4-13)21(23)24)19-20-17(22)11-18-14-5-9-16(25-2)10-6-14/h3-10,18H,11H2,1-2H3,(H,20,22)/b19-12-. The number of nitro benzene ring substituents is 1. The molecular formula is C17H18N4O4. The number of rotatable bonds is 7. The Hall–Kier alpha value is -3.42. The van der Waals surface area contributed by atoms with Crippen LogP contribution in [0.2, 0.25) is 0 Å². The Kier molecular flexibility index (Phi) is 6.05. The Morgan fingerprint density at radius 3 is 2.36 bits per heavy atom. The number of nitrogens with one attached hydrogen (secondary N) is 2. The fraction of sp³-hybridized carbons (Fsp3) is 0.176. The lowest BCUT2D eigenvalue weighted by molar-refractivity contribution is -0.384. The first-order chi connectivity index (χ1) is 12.0. The average molecular weight is 342 g/mol. The molecule has 0 aliphatic rings. The number of anilines is 1. The molecule has 0 unspecified atom stereocenters. The van der Waals surface area contributed by atoms with Gasteiger partial charge in [0.1, 0.15) is 5.75 Å². The lowest BCUT2D eigenvalue weighted by Gasteiger charge is -2.07. The molecule has 8 heteroatoms. The van der Waals surface area contributed by atoms with E-state index in [1.807, 2.05) is 0 Å². The number of methoxy groups -OCH3 is 1. The number of hydrogen-bond donors (Lipinski definition) is 2. The Morgan fingerprint density at radius 2 is 1.80 bits per heavy atom. The molecule has 2 rings (SSSR count). The van der Waals surface area contributed by atoms with Crippen LogP contribution in [0.5, 0.6) is 5.75 Å². The van der Waals surface area contributed by atoms with Crippen molar-refractivity contribution in [3.63, 3.8) is 0 Å². The second kappa shape index (κ2) is 8.44. The Bertz CT molecular complexity index is 770. The second-order valence-corrected chi connectivity index (χ2v) is 5.12. The highest BCUT2D eigenvalue weighted by molar-refractivity contribution is 5.99. The number of non-ortho nitro benzene ring substituents is 1. The van der Waals surface area contributed by atoms with Gasteiger partial charge in [0, 0.05) is 17.8 Å². The fourth-order valence-electron chi connectivity index (χ4n) is 1.97. The number of hydrazone groups is 1. The molecule has 8 nitrogen and oxygen atoms in total. The van der Waals surface area contributed by atoms with Crippen LogP contribution in [0, 0.1) is 10.1 Å². The van der Waals surface area contributed by atoms with E-state index in [1.54, 1.807) is 50.4 Å². The molecule has 0 aliphatic heterocycles. The average Bonchev–Trinajstić information content (AvgIpc) is 2.64. The number of benzene rings is 2. The molecule has 0 bridgehead atoms. The maximum absolute atomic E-state index is 11.8. The molecule has 0 aliphatic carbocycles. The van der Waals surface area contributed by atoms with Gasteiger partial charge < -0.3 is 10.1 Å². The summed E-state index contributed by atoms with van der Waals surface area (Å²) in [5.74, 6) is 0.426. The Morgan fingerprint density at radius 1 is 1.16 bits per heavy atom. The highest BCUT2D eigenvalue weighted by Gasteiger charge is 2.06. The summed E-state index contributed by atoms with van der Waals surface area (Å²) in [6.45, 7) is 1.77. The van der Waals surface area contributed by atoms with Gasteiger partial charge >= 0.3 is 0 Å². The maximum Gasteiger partial charge on any atom is 0.269 e. The summed E-state index contributed by atoms with van der Waals surface area (Å²) in [6, 6.07) is 13.1. The number of amides is 1. The van der Waals surface area contributed by atoms with Crippen LogP contribution in [0.4, 0.5) is 11.4 Å². The predicted octanol–water partition coefficient (Wildman–Crippen LogP) is 2.56. The Labute approximate surface area is 144 Å². The van der Waals surface area contributed by atoms with E-state index in [1.165, 1.54) is 12.1 Å². The SMILES string of the molecule is COc1ccc(NCC(=O)N/N=C(/C)c2ccc([N+](=O)[O-])cc2)cc1. The van der Waals surface area contributed by atoms with Crippen molar-refractivity contribution >= 4 is 23.0 Å². The number of ether oxygens (including phenoxy) is 1. The van der Waals surface area contributed by atoms with Crippen molar-refractivity contribution in [2.75, 3.05) is 19.0 Å². The quantitative estimate of drug-likeness (QED) is 0.457. The number of nitro groups is 1. The van der Waals surface area contributed by atoms with E-state index in [0.29, 0.717) is 11.3 Å². The third kappa shape index (κ3) is 5.31. The van der Waals surface area contributed by atoms with Gasteiger partial charge in [-0.2, -0.15) is 5.10 Å². The molecule has 0 heterocycles. The normalized spacial score (nSPS) is 10.9. The minimum Gasteiger partial charge on any atom is -0.497 e. The highest BCUT2D eigenvalue weighted by atomic mass is 16.6. The van der Waals surface area contributed by atoms with Crippen molar-refractivity contribution in [2.24, 2.45) is 5.10 Å². The fourth-order valence-corrected chi connectivity index (χ4v) is 1.97. The minimum atomic E-state index is -0.469. The Balaban J connectivity index is 1.86. The number of carbonyl (C=O) groups excluding carboxylic acids is 1. The van der Waals surface area contributed by atoms with Gasteiger partial charge in [-0.15, -0.1) is 0 Å². The number of carbonyl (C=O) groups is 1. The smallest absolute Gasteiger partial charge is 0.269 e. The summed E-state index contributed by atoms with van der Waals surface area (Å²) in [4.78, 5) is 22.0. The third-order valence-electron chi connectivity index (χ3n) is 3.39. The third-order valence-corrected chi connectivity index (χ3v) is 3.39. The van der Waals surface area contributed by atoms with Crippen LogP contribution >= 0.6 is 0 Å². The molecule has 0 radical (unpaired) electrons. The van der Waals surface area contributed by atoms with Crippen LogP contribution in [-0.4, -0.2) is 30.2 Å². The molecule has 2 N–H and O–H groups in total. The van der Waals surface area contributed by atoms with Crippen LogP contribution in [-0.2, 0) is 4.79 Å². The van der Waals surface area contributed by atoms with Crippen molar-refractivity contribution in [2.45, 2.75) is 6.92 Å². The largest absolute Gasteiger partial charge is 0.497 e. The first-order valence-corrected chi connectivity index (χ1v) is 7.45. The van der Waals surface area contributed by atoms with Gasteiger partial charge in [0.15, 0.2) is 0 Å². The van der Waals surface area contributed by atoms with Gasteiger partial charge in [-0.25, -0.2) is 5.43 Å². The van der Waals surface area contributed by atoms with Crippen LogP contribution in [0.3, 0.4) is 0 Å². The van der Waals surface area contributed by atoms with Gasteiger partial charge in [-0.3, -0.25) is 14.9 Å². The second-order valence-electron chi connectivity index (χ2n) is 5.12. The summed E-state index contributed by atoms with van der Waals surface area (Å²) in [7, 11) is 1.58. The lowest BCUT2D eigenvalue weighted by Crippen LogP contribution is -2.26. The molecule has 0 atom stereocenters. The molecule has 2 aromatic rings. The van der Waals surface area contributed by atoms with Crippen LogP contribution in [0.15, 0.2) is 53.6 Å². The van der Waals surface area contributed by atoms with Crippen molar-refractivity contribution in [3.05, 3.63) is 64.2 Å². The van der Waals surface area contributed by atoms with Crippen molar-refractivity contribution in [1.82, 2.24) is 5.43 Å². The molecule has 0 saturated carbocycles. The first-order valence-electron chi connectivity index (χ1n) is 7.45. The summed E-state index contributed by atoms with van der Waals surface area (Å²) in [6.07, 6.45) is 0. The molecular weight excluding hydrogens is 324 g/mol. The van der Waals surface area contributed by atoms with Crippen LogP contribution in [0.25, 0.3) is 0 Å². The highest BCUT2D eigenvalue weighted by Crippen LogP contribution is 2.14. The topological polar surface area (TPSA) is 106 Å². The lowest BCUT2D eigenvalue weighted by atomic mass is 10.1. The zero-order chi connectivity index (χ0) is 18.2. The van der Waals surface area contributed by atoms with Gasteiger partial charge in [-0.05, 0) is 48.9 Å². The summed E-state index contributed by atoms with van der Waals surface area (Å²) < 4.78 is 5.06. The molecule has 25 heavy (non-hydrogen) atoms. The van der Waals surface area contributed by atoms with E-state index in [0.717, 1.165) is 11.4 Å². The van der Waals surface area contributed by atoms with Crippen molar-refractivity contribution in [3.8, 4) is 5.75 Å². The number of hydrogen-bond acceptors (Lipinski definition) is 6. The van der Waals surface area contributed by atoms with Gasteiger partial charge in [0.25, 0.3) is 11.6 Å². The van der Waals surface area contributed by atoms with E-state index in [-0.39, 0.29) is 18.1 Å². The van der Waals surface area contributed by atoms with E-state index < -0.39 is 4.92 Å². The molecule has 0 spiro atoms. The van der Waals surface area contributed by atoms with E-state index in [9.17, 15) is 14.9 Å². The van der Waals surface area contributed by atoms with Gasteiger partial charge in [-0.1, -0.05) is 0 Å². The molecule has 0 fully saturated rings. The summed E-state index contributed by atoms with van der Waals surface area (Å²) in [5.41, 5.74) is 4.46. The zero-order valence-corrected chi connectivity index (χ0v) is 13.9. The summed E-state index contributed by atoms with van der Waals surface area (Å²) >= 11 is 0. The van der Waals surface area contributed by atoms with Crippen LogP contribution in [0.1, 0.15) is 12.5 Å².